The number of pyridine rings is 1. The van der Waals surface area contributed by atoms with Crippen molar-refractivity contribution < 1.29 is 33.9 Å². The third-order valence-electron chi connectivity index (χ3n) is 2.75. The first-order valence-electron chi connectivity index (χ1n) is 6.41. The van der Waals surface area contributed by atoms with Gasteiger partial charge in [-0.15, -0.1) is 0 Å². The molecule has 0 aliphatic rings. The summed E-state index contributed by atoms with van der Waals surface area (Å²) in [5.41, 5.74) is 0.958. The van der Waals surface area contributed by atoms with Crippen molar-refractivity contribution in [2.75, 3.05) is 0 Å². The Hall–Kier alpha value is -2.06. The Balaban J connectivity index is 2.98. The lowest BCUT2D eigenvalue weighted by molar-refractivity contribution is -0.136. The van der Waals surface area contributed by atoms with E-state index in [1.54, 1.807) is 6.92 Å². The topological polar surface area (TPSA) is 150 Å². The molecule has 1 heterocycles. The highest BCUT2D eigenvalue weighted by Gasteiger charge is 2.17. The first-order chi connectivity index (χ1) is 10.6. The van der Waals surface area contributed by atoms with Gasteiger partial charge in [-0.3, -0.25) is 19.3 Å². The number of hydrogen-bond acceptors (Lipinski definition) is 6. The molecule has 0 fully saturated rings. The van der Waals surface area contributed by atoms with Gasteiger partial charge in [-0.1, -0.05) is 6.58 Å². The quantitative estimate of drug-likeness (QED) is 0.409. The average molecular weight is 344 g/mol. The fourth-order valence-corrected chi connectivity index (χ4v) is 1.84. The molecular formula is C13H17N2O7P. The van der Waals surface area contributed by atoms with Crippen LogP contribution in [-0.4, -0.2) is 37.2 Å². The second-order valence-corrected chi connectivity index (χ2v) is 5.85. The molecule has 0 atom stereocenters. The normalized spacial score (nSPS) is 11.8. The Morgan fingerprint density at radius 2 is 2.13 bits per heavy atom. The van der Waals surface area contributed by atoms with Crippen molar-refractivity contribution in [2.24, 2.45) is 4.99 Å². The van der Waals surface area contributed by atoms with Crippen LogP contribution in [0, 0.1) is 6.92 Å². The molecule has 0 aliphatic heterocycles. The van der Waals surface area contributed by atoms with Crippen LogP contribution in [0.4, 0.5) is 0 Å². The van der Waals surface area contributed by atoms with Crippen molar-refractivity contribution >= 4 is 20.0 Å². The number of carboxylic acid groups (broad SMARTS) is 1. The van der Waals surface area contributed by atoms with Crippen LogP contribution in [0.25, 0.3) is 0 Å². The first-order valence-corrected chi connectivity index (χ1v) is 7.94. The molecule has 126 valence electrons. The van der Waals surface area contributed by atoms with Crippen molar-refractivity contribution in [2.45, 2.75) is 26.4 Å². The summed E-state index contributed by atoms with van der Waals surface area (Å²) in [6.07, 6.45) is 2.52. The van der Waals surface area contributed by atoms with Gasteiger partial charge in [0.1, 0.15) is 5.75 Å². The van der Waals surface area contributed by atoms with Crippen molar-refractivity contribution in [3.8, 4) is 5.75 Å². The molecule has 0 radical (unpaired) electrons. The third-order valence-corrected chi connectivity index (χ3v) is 3.22. The number of hydrogen-bond donors (Lipinski definition) is 4. The van der Waals surface area contributed by atoms with Gasteiger partial charge in [0.25, 0.3) is 0 Å². The summed E-state index contributed by atoms with van der Waals surface area (Å²) in [5, 5.41) is 18.6. The maximum Gasteiger partial charge on any atom is 0.469 e. The number of carbonyl (C=O) groups is 1. The summed E-state index contributed by atoms with van der Waals surface area (Å²) in [6.45, 7) is 4.66. The summed E-state index contributed by atoms with van der Waals surface area (Å²) in [4.78, 5) is 35.8. The minimum atomic E-state index is -4.67. The van der Waals surface area contributed by atoms with E-state index in [4.69, 9.17) is 14.9 Å². The van der Waals surface area contributed by atoms with E-state index in [1.165, 1.54) is 12.4 Å². The monoisotopic (exact) mass is 344 g/mol. The van der Waals surface area contributed by atoms with Crippen molar-refractivity contribution in [3.63, 3.8) is 0 Å². The zero-order valence-electron chi connectivity index (χ0n) is 12.3. The van der Waals surface area contributed by atoms with Gasteiger partial charge in [-0.25, -0.2) is 4.57 Å². The fraction of sp³-hybridized carbons (Fsp3) is 0.308. The largest absolute Gasteiger partial charge is 0.505 e. The lowest BCUT2D eigenvalue weighted by atomic mass is 10.1. The zero-order chi connectivity index (χ0) is 17.6. The second-order valence-electron chi connectivity index (χ2n) is 4.61. The number of aromatic nitrogens is 1. The van der Waals surface area contributed by atoms with E-state index < -0.39 is 20.4 Å². The molecule has 0 amide bonds. The predicted molar refractivity (Wildman–Crippen MR) is 81.1 cm³/mol. The van der Waals surface area contributed by atoms with Crippen LogP contribution in [0.2, 0.25) is 0 Å². The Bertz CT molecular complexity index is 681. The van der Waals surface area contributed by atoms with Crippen molar-refractivity contribution in [1.29, 1.82) is 0 Å². The number of aliphatic carboxylic acids is 1. The highest BCUT2D eigenvalue weighted by atomic mass is 31.2. The van der Waals surface area contributed by atoms with E-state index in [0.717, 1.165) is 0 Å². The number of aromatic hydroxyl groups is 1. The number of rotatable bonds is 8. The third kappa shape index (κ3) is 6.70. The molecule has 0 aromatic carbocycles. The smallest absolute Gasteiger partial charge is 0.469 e. The van der Waals surface area contributed by atoms with Gasteiger partial charge in [0.05, 0.1) is 18.7 Å². The van der Waals surface area contributed by atoms with E-state index in [1.807, 2.05) is 0 Å². The van der Waals surface area contributed by atoms with Crippen LogP contribution in [-0.2, 0) is 20.5 Å². The standard InChI is InChI=1S/C13H17N2O7P/c1-8(3-4-12(16)17)14-6-11-10(7-22-23(19,20)21)5-15-9(2)13(11)18/h5-6,18H,1,3-4,7H2,2H3,(H,16,17)(H2,19,20,21). The minimum absolute atomic E-state index is 0.130. The highest BCUT2D eigenvalue weighted by Crippen LogP contribution is 2.37. The summed E-state index contributed by atoms with van der Waals surface area (Å²) < 4.78 is 15.2. The summed E-state index contributed by atoms with van der Waals surface area (Å²) in [5.74, 6) is -1.20. The summed E-state index contributed by atoms with van der Waals surface area (Å²) in [6, 6.07) is 0. The Kier molecular flexibility index (Phi) is 6.59. The van der Waals surface area contributed by atoms with Gasteiger partial charge in [-0.2, -0.15) is 0 Å². The van der Waals surface area contributed by atoms with E-state index in [0.29, 0.717) is 5.69 Å². The van der Waals surface area contributed by atoms with Crippen LogP contribution < -0.4 is 0 Å². The van der Waals surface area contributed by atoms with Gasteiger partial charge in [0.2, 0.25) is 0 Å². The molecule has 0 spiro atoms. The van der Waals surface area contributed by atoms with Crippen LogP contribution in [0.15, 0.2) is 23.5 Å². The van der Waals surface area contributed by atoms with E-state index in [-0.39, 0.29) is 35.4 Å². The Labute approximate surface area is 132 Å². The lowest BCUT2D eigenvalue weighted by Gasteiger charge is -2.10. The van der Waals surface area contributed by atoms with Crippen LogP contribution in [0.5, 0.6) is 5.75 Å². The van der Waals surface area contributed by atoms with E-state index in [2.05, 4.69) is 21.1 Å². The molecule has 1 rings (SSSR count). The number of aryl methyl sites for hydroxylation is 1. The molecule has 1 aromatic heterocycles. The minimum Gasteiger partial charge on any atom is -0.505 e. The Morgan fingerprint density at radius 3 is 2.70 bits per heavy atom. The number of allylic oxidation sites excluding steroid dienone is 1. The van der Waals surface area contributed by atoms with Gasteiger partial charge in [-0.05, 0) is 13.3 Å². The molecule has 0 aliphatic carbocycles. The summed E-state index contributed by atoms with van der Waals surface area (Å²) >= 11 is 0. The van der Waals surface area contributed by atoms with Gasteiger partial charge in [0, 0.05) is 29.2 Å². The SMILES string of the molecule is C=C(CCC(=O)O)N=Cc1c(COP(=O)(O)O)cnc(C)c1O. The van der Waals surface area contributed by atoms with Gasteiger partial charge >= 0.3 is 13.8 Å². The maximum atomic E-state index is 10.8. The molecule has 0 saturated heterocycles. The second kappa shape index (κ2) is 7.98. The molecule has 9 nitrogen and oxygen atoms in total. The van der Waals surface area contributed by atoms with Crippen LogP contribution in [0.1, 0.15) is 29.7 Å². The predicted octanol–water partition coefficient (Wildman–Crippen LogP) is 1.50. The molecule has 10 heteroatoms. The number of carboxylic acids is 1. The lowest BCUT2D eigenvalue weighted by Crippen LogP contribution is -2.01. The molecule has 0 saturated carbocycles. The molecule has 0 bridgehead atoms. The molecule has 0 unspecified atom stereocenters. The summed E-state index contributed by atoms with van der Waals surface area (Å²) in [7, 11) is -4.67. The average Bonchev–Trinajstić information content (AvgIpc) is 2.44. The number of aliphatic imine (C=N–C) groups is 1. The molecular weight excluding hydrogens is 327 g/mol. The van der Waals surface area contributed by atoms with Crippen LogP contribution in [0.3, 0.4) is 0 Å². The molecule has 23 heavy (non-hydrogen) atoms. The first kappa shape index (κ1) is 19.0. The van der Waals surface area contributed by atoms with Crippen molar-refractivity contribution in [1.82, 2.24) is 4.98 Å². The van der Waals surface area contributed by atoms with Gasteiger partial charge < -0.3 is 20.0 Å². The fourth-order valence-electron chi connectivity index (χ4n) is 1.54. The van der Waals surface area contributed by atoms with E-state index >= 15 is 0 Å². The number of phosphoric acid groups is 1. The molecule has 1 aromatic rings. The Morgan fingerprint density at radius 1 is 1.48 bits per heavy atom. The number of phosphoric ester groups is 1. The van der Waals surface area contributed by atoms with Crippen LogP contribution >= 0.6 is 7.82 Å². The zero-order valence-corrected chi connectivity index (χ0v) is 13.2. The number of nitrogens with zero attached hydrogens (tertiary/aromatic N) is 2. The van der Waals surface area contributed by atoms with Crippen molar-refractivity contribution in [3.05, 3.63) is 35.3 Å². The molecule has 4 N–H and O–H groups in total. The maximum absolute atomic E-state index is 10.8. The highest BCUT2D eigenvalue weighted by molar-refractivity contribution is 7.46. The van der Waals surface area contributed by atoms with Gasteiger partial charge in [0.15, 0.2) is 0 Å². The van der Waals surface area contributed by atoms with E-state index in [9.17, 15) is 14.5 Å².